The second-order valence-corrected chi connectivity index (χ2v) is 3.69. The van der Waals surface area contributed by atoms with Crippen LogP contribution in [0, 0.1) is 5.92 Å². The van der Waals surface area contributed by atoms with E-state index >= 15 is 0 Å². The van der Waals surface area contributed by atoms with E-state index in [4.69, 9.17) is 4.74 Å². The molecule has 0 spiro atoms. The number of rotatable bonds is 1. The molecule has 0 amide bonds. The summed E-state index contributed by atoms with van der Waals surface area (Å²) in [6, 6.07) is 0. The van der Waals surface area contributed by atoms with Crippen LogP contribution in [0.5, 0.6) is 0 Å². The predicted molar refractivity (Wildman–Crippen MR) is 41.3 cm³/mol. The molecule has 3 atom stereocenters. The summed E-state index contributed by atoms with van der Waals surface area (Å²) in [6.45, 7) is 1.70. The number of ether oxygens (including phenoxy) is 1. The van der Waals surface area contributed by atoms with E-state index < -0.39 is 0 Å². The van der Waals surface area contributed by atoms with Crippen molar-refractivity contribution in [2.24, 2.45) is 5.92 Å². The number of Topliss-reactive ketones (excluding diaryl/α,β-unsaturated/α-hetero) is 1. The van der Waals surface area contributed by atoms with Crippen molar-refractivity contribution < 1.29 is 9.53 Å². The Labute approximate surface area is 66.9 Å². The topological polar surface area (TPSA) is 29.6 Å². The van der Waals surface area contributed by atoms with Crippen LogP contribution in [0.15, 0.2) is 0 Å². The van der Waals surface area contributed by atoms with Gasteiger partial charge in [-0.3, -0.25) is 4.79 Å². The molecular weight excluding hydrogens is 140 g/mol. The van der Waals surface area contributed by atoms with Crippen molar-refractivity contribution in [2.75, 3.05) is 0 Å². The molecule has 62 valence electrons. The summed E-state index contributed by atoms with van der Waals surface area (Å²) < 4.78 is 5.39. The Morgan fingerprint density at radius 3 is 2.91 bits per heavy atom. The molecule has 1 heterocycles. The molecular formula is C9H14O2. The third-order valence-corrected chi connectivity index (χ3v) is 2.82. The Hall–Kier alpha value is -0.370. The molecule has 2 fully saturated rings. The van der Waals surface area contributed by atoms with Crippen molar-refractivity contribution in [3.05, 3.63) is 0 Å². The van der Waals surface area contributed by atoms with E-state index in [1.54, 1.807) is 6.92 Å². The van der Waals surface area contributed by atoms with E-state index in [1.165, 1.54) is 12.8 Å². The highest BCUT2D eigenvalue weighted by molar-refractivity contribution is 5.78. The van der Waals surface area contributed by atoms with Crippen molar-refractivity contribution in [3.8, 4) is 0 Å². The van der Waals surface area contributed by atoms with Gasteiger partial charge < -0.3 is 4.74 Å². The first-order valence-corrected chi connectivity index (χ1v) is 4.43. The molecule has 2 aliphatic rings. The fourth-order valence-electron chi connectivity index (χ4n) is 1.97. The monoisotopic (exact) mass is 154 g/mol. The van der Waals surface area contributed by atoms with Crippen LogP contribution >= 0.6 is 0 Å². The molecule has 1 saturated heterocycles. The van der Waals surface area contributed by atoms with Crippen molar-refractivity contribution in [3.63, 3.8) is 0 Å². The summed E-state index contributed by atoms with van der Waals surface area (Å²) in [5.74, 6) is 0.647. The van der Waals surface area contributed by atoms with Gasteiger partial charge in [0.25, 0.3) is 0 Å². The molecule has 2 heteroatoms. The first-order valence-electron chi connectivity index (χ1n) is 4.43. The molecule has 1 saturated carbocycles. The predicted octanol–water partition coefficient (Wildman–Crippen LogP) is 1.53. The Bertz CT molecular complexity index is 176. The number of carbonyl (C=O) groups is 1. The van der Waals surface area contributed by atoms with E-state index in [-0.39, 0.29) is 0 Å². The zero-order chi connectivity index (χ0) is 7.84. The SMILES string of the molecule is CC(=O)C1CCCC2OC2C1. The summed E-state index contributed by atoms with van der Waals surface area (Å²) in [4.78, 5) is 11.1. The smallest absolute Gasteiger partial charge is 0.133 e. The van der Waals surface area contributed by atoms with E-state index in [9.17, 15) is 4.79 Å². The number of hydrogen-bond donors (Lipinski definition) is 0. The minimum atomic E-state index is 0.299. The summed E-state index contributed by atoms with van der Waals surface area (Å²) >= 11 is 0. The first kappa shape index (κ1) is 7.29. The van der Waals surface area contributed by atoms with Crippen LogP contribution in [0.3, 0.4) is 0 Å². The van der Waals surface area contributed by atoms with E-state index in [0.717, 1.165) is 12.8 Å². The second kappa shape index (κ2) is 2.59. The highest BCUT2D eigenvalue weighted by Crippen LogP contribution is 2.37. The molecule has 0 aromatic carbocycles. The average molecular weight is 154 g/mol. The summed E-state index contributed by atoms with van der Waals surface area (Å²) in [5, 5.41) is 0. The van der Waals surface area contributed by atoms with Crippen molar-refractivity contribution in [1.82, 2.24) is 0 Å². The number of epoxide rings is 1. The lowest BCUT2D eigenvalue weighted by Crippen LogP contribution is -2.12. The molecule has 2 rings (SSSR count). The molecule has 0 bridgehead atoms. The standard InChI is InChI=1S/C9H14O2/c1-6(10)7-3-2-4-8-9(5-7)11-8/h7-9H,2-5H2,1H3. The van der Waals surface area contributed by atoms with Crippen molar-refractivity contribution in [2.45, 2.75) is 44.8 Å². The first-order chi connectivity index (χ1) is 5.27. The van der Waals surface area contributed by atoms with Crippen LogP contribution in [0.25, 0.3) is 0 Å². The largest absolute Gasteiger partial charge is 0.370 e. The Morgan fingerprint density at radius 1 is 1.36 bits per heavy atom. The fraction of sp³-hybridized carbons (Fsp3) is 0.889. The highest BCUT2D eigenvalue weighted by Gasteiger charge is 2.42. The number of fused-ring (bicyclic) bond motifs is 1. The quantitative estimate of drug-likeness (QED) is 0.536. The van der Waals surface area contributed by atoms with Gasteiger partial charge in [-0.1, -0.05) is 6.42 Å². The maximum absolute atomic E-state index is 11.1. The fourth-order valence-corrected chi connectivity index (χ4v) is 1.97. The van der Waals surface area contributed by atoms with Crippen LogP contribution in [-0.2, 0) is 9.53 Å². The molecule has 1 aliphatic heterocycles. The van der Waals surface area contributed by atoms with Gasteiger partial charge in [-0.15, -0.1) is 0 Å². The summed E-state index contributed by atoms with van der Waals surface area (Å²) in [7, 11) is 0. The van der Waals surface area contributed by atoms with Gasteiger partial charge in [0, 0.05) is 5.92 Å². The molecule has 11 heavy (non-hydrogen) atoms. The Kier molecular flexibility index (Phi) is 1.72. The molecule has 0 radical (unpaired) electrons. The molecule has 0 N–H and O–H groups in total. The van der Waals surface area contributed by atoms with Crippen LogP contribution in [-0.4, -0.2) is 18.0 Å². The van der Waals surface area contributed by atoms with E-state index in [1.807, 2.05) is 0 Å². The minimum Gasteiger partial charge on any atom is -0.370 e. The van der Waals surface area contributed by atoms with Crippen LogP contribution in [0.2, 0.25) is 0 Å². The number of ketones is 1. The lowest BCUT2D eigenvalue weighted by atomic mass is 9.96. The third kappa shape index (κ3) is 1.45. The van der Waals surface area contributed by atoms with E-state index in [2.05, 4.69) is 0 Å². The average Bonchev–Trinajstić information content (AvgIpc) is 2.59. The lowest BCUT2D eigenvalue weighted by Gasteiger charge is -2.08. The lowest BCUT2D eigenvalue weighted by molar-refractivity contribution is -0.121. The summed E-state index contributed by atoms with van der Waals surface area (Å²) in [6.07, 6.45) is 5.37. The molecule has 2 nitrogen and oxygen atoms in total. The highest BCUT2D eigenvalue weighted by atomic mass is 16.6. The van der Waals surface area contributed by atoms with Gasteiger partial charge in [0.15, 0.2) is 0 Å². The van der Waals surface area contributed by atoms with Crippen molar-refractivity contribution in [1.29, 1.82) is 0 Å². The minimum absolute atomic E-state index is 0.299. The third-order valence-electron chi connectivity index (χ3n) is 2.82. The molecule has 1 aliphatic carbocycles. The Balaban J connectivity index is 1.95. The van der Waals surface area contributed by atoms with Crippen LogP contribution < -0.4 is 0 Å². The van der Waals surface area contributed by atoms with Crippen molar-refractivity contribution >= 4 is 5.78 Å². The van der Waals surface area contributed by atoms with Crippen LogP contribution in [0.4, 0.5) is 0 Å². The van der Waals surface area contributed by atoms with Gasteiger partial charge in [-0.05, 0) is 26.2 Å². The normalized spacial score (nSPS) is 42.5. The van der Waals surface area contributed by atoms with Gasteiger partial charge in [0.05, 0.1) is 12.2 Å². The zero-order valence-corrected chi connectivity index (χ0v) is 6.88. The van der Waals surface area contributed by atoms with Gasteiger partial charge in [0.1, 0.15) is 5.78 Å². The van der Waals surface area contributed by atoms with Crippen LogP contribution in [0.1, 0.15) is 32.6 Å². The van der Waals surface area contributed by atoms with Gasteiger partial charge in [0.2, 0.25) is 0 Å². The van der Waals surface area contributed by atoms with Gasteiger partial charge in [-0.2, -0.15) is 0 Å². The molecule has 0 aromatic heterocycles. The van der Waals surface area contributed by atoms with E-state index in [0.29, 0.717) is 23.9 Å². The number of carbonyl (C=O) groups excluding carboxylic acids is 1. The molecule has 3 unspecified atom stereocenters. The van der Waals surface area contributed by atoms with Gasteiger partial charge in [-0.25, -0.2) is 0 Å². The summed E-state index contributed by atoms with van der Waals surface area (Å²) in [5.41, 5.74) is 0. The Morgan fingerprint density at radius 2 is 2.18 bits per heavy atom. The maximum Gasteiger partial charge on any atom is 0.133 e. The zero-order valence-electron chi connectivity index (χ0n) is 6.88. The number of hydrogen-bond acceptors (Lipinski definition) is 2. The maximum atomic E-state index is 11.1. The second-order valence-electron chi connectivity index (χ2n) is 3.69. The van der Waals surface area contributed by atoms with Gasteiger partial charge >= 0.3 is 0 Å². The molecule has 0 aromatic rings.